The van der Waals surface area contributed by atoms with Gasteiger partial charge in [0.1, 0.15) is 5.82 Å². The molecular weight excluding hydrogens is 189 g/mol. The maximum absolute atomic E-state index is 13.2. The van der Waals surface area contributed by atoms with Gasteiger partial charge in [-0.05, 0) is 11.6 Å². The summed E-state index contributed by atoms with van der Waals surface area (Å²) in [6.45, 7) is 0. The minimum absolute atomic E-state index is 0.301. The number of rotatable bonds is 2. The first-order chi connectivity index (χ1) is 7.36. The minimum Gasteiger partial charge on any atom is -0.262 e. The quantitative estimate of drug-likeness (QED) is 0.722. The molecule has 74 valence electrons. The zero-order valence-corrected chi connectivity index (χ0v) is 8.10. The Balaban J connectivity index is 2.23. The highest BCUT2D eigenvalue weighted by Crippen LogP contribution is 2.10. The molecule has 1 aromatic heterocycles. The van der Waals surface area contributed by atoms with Crippen molar-refractivity contribution in [3.8, 4) is 0 Å². The molecule has 0 fully saturated rings. The van der Waals surface area contributed by atoms with Crippen molar-refractivity contribution in [3.05, 3.63) is 65.7 Å². The number of aromatic nitrogens is 1. The van der Waals surface area contributed by atoms with E-state index < -0.39 is 0 Å². The molecule has 0 N–H and O–H groups in total. The molecule has 1 heterocycles. The van der Waals surface area contributed by atoms with E-state index >= 15 is 0 Å². The van der Waals surface area contributed by atoms with Gasteiger partial charge in [0.25, 0.3) is 0 Å². The fourth-order valence-corrected chi connectivity index (χ4v) is 1.27. The molecule has 0 spiro atoms. The van der Waals surface area contributed by atoms with Crippen molar-refractivity contribution < 1.29 is 4.39 Å². The Morgan fingerprint density at radius 1 is 1.00 bits per heavy atom. The number of pyridine rings is 1. The third-order valence-corrected chi connectivity index (χ3v) is 2.06. The molecule has 0 atom stereocenters. The van der Waals surface area contributed by atoms with Crippen LogP contribution in [0.15, 0.2) is 48.8 Å². The van der Waals surface area contributed by atoms with Crippen molar-refractivity contribution in [2.45, 2.75) is 0 Å². The molecule has 0 aliphatic heterocycles. The Labute approximate surface area is 87.9 Å². The van der Waals surface area contributed by atoms with Crippen LogP contribution in [0.25, 0.3) is 12.2 Å². The molecule has 0 unspecified atom stereocenters. The first kappa shape index (κ1) is 9.59. The third-order valence-electron chi connectivity index (χ3n) is 2.06. The molecule has 2 rings (SSSR count). The predicted octanol–water partition coefficient (Wildman–Crippen LogP) is 3.39. The highest BCUT2D eigenvalue weighted by atomic mass is 19.1. The zero-order valence-electron chi connectivity index (χ0n) is 8.10. The van der Waals surface area contributed by atoms with Crippen LogP contribution in [0.3, 0.4) is 0 Å². The molecule has 2 heteroatoms. The van der Waals surface area contributed by atoms with E-state index in [9.17, 15) is 4.39 Å². The van der Waals surface area contributed by atoms with Crippen LogP contribution in [-0.4, -0.2) is 4.98 Å². The van der Waals surface area contributed by atoms with E-state index in [2.05, 4.69) is 4.98 Å². The maximum Gasteiger partial charge on any atom is 0.148 e. The number of hydrogen-bond donors (Lipinski definition) is 0. The van der Waals surface area contributed by atoms with E-state index in [0.717, 1.165) is 5.56 Å². The van der Waals surface area contributed by atoms with E-state index in [1.54, 1.807) is 18.3 Å². The summed E-state index contributed by atoms with van der Waals surface area (Å²) in [4.78, 5) is 3.69. The van der Waals surface area contributed by atoms with Crippen LogP contribution in [-0.2, 0) is 0 Å². The molecule has 0 aliphatic rings. The summed E-state index contributed by atoms with van der Waals surface area (Å²) >= 11 is 0. The lowest BCUT2D eigenvalue weighted by Gasteiger charge is -1.95. The van der Waals surface area contributed by atoms with Gasteiger partial charge >= 0.3 is 0 Å². The largest absolute Gasteiger partial charge is 0.262 e. The van der Waals surface area contributed by atoms with E-state index in [0.29, 0.717) is 5.56 Å². The highest BCUT2D eigenvalue weighted by molar-refractivity contribution is 5.69. The Hall–Kier alpha value is -1.96. The van der Waals surface area contributed by atoms with Gasteiger partial charge in [-0.25, -0.2) is 4.39 Å². The summed E-state index contributed by atoms with van der Waals surface area (Å²) in [5.74, 6) is -0.301. The average Bonchev–Trinajstić information content (AvgIpc) is 2.29. The van der Waals surface area contributed by atoms with Gasteiger partial charge in [-0.2, -0.15) is 0 Å². The lowest BCUT2D eigenvalue weighted by molar-refractivity contribution is 0.618. The summed E-state index contributed by atoms with van der Waals surface area (Å²) in [6, 6.07) is 11.4. The second kappa shape index (κ2) is 4.51. The lowest BCUT2D eigenvalue weighted by atomic mass is 10.1. The van der Waals surface area contributed by atoms with Crippen LogP contribution in [0.5, 0.6) is 0 Å². The van der Waals surface area contributed by atoms with Crippen LogP contribution in [0.1, 0.15) is 11.1 Å². The van der Waals surface area contributed by atoms with Crippen LogP contribution in [0.2, 0.25) is 0 Å². The zero-order chi connectivity index (χ0) is 10.5. The molecule has 0 saturated heterocycles. The van der Waals surface area contributed by atoms with Crippen LogP contribution >= 0.6 is 0 Å². The van der Waals surface area contributed by atoms with Crippen molar-refractivity contribution in [1.82, 2.24) is 4.98 Å². The van der Waals surface area contributed by atoms with Crippen molar-refractivity contribution in [2.75, 3.05) is 0 Å². The summed E-state index contributed by atoms with van der Waals surface area (Å²) < 4.78 is 13.2. The van der Waals surface area contributed by atoms with Crippen LogP contribution in [0.4, 0.5) is 4.39 Å². The van der Waals surface area contributed by atoms with E-state index in [4.69, 9.17) is 0 Å². The highest BCUT2D eigenvalue weighted by Gasteiger charge is 1.95. The van der Waals surface area contributed by atoms with Crippen molar-refractivity contribution in [2.24, 2.45) is 0 Å². The van der Waals surface area contributed by atoms with Crippen molar-refractivity contribution >= 4 is 12.2 Å². The van der Waals surface area contributed by atoms with Crippen molar-refractivity contribution in [3.63, 3.8) is 0 Å². The average molecular weight is 199 g/mol. The molecule has 0 bridgehead atoms. The Bertz CT molecular complexity index is 463. The predicted molar refractivity (Wildman–Crippen MR) is 59.6 cm³/mol. The normalized spacial score (nSPS) is 10.7. The number of nitrogens with zero attached hydrogens (tertiary/aromatic N) is 1. The standard InChI is InChI=1S/C13H10FN/c14-13-10-15-9-8-12(13)7-6-11-4-2-1-3-5-11/h1-10H/b7-6-. The van der Waals surface area contributed by atoms with Gasteiger partial charge in [0.2, 0.25) is 0 Å². The molecule has 1 nitrogen and oxygen atoms in total. The van der Waals surface area contributed by atoms with E-state index in [1.807, 2.05) is 36.4 Å². The fraction of sp³-hybridized carbons (Fsp3) is 0. The van der Waals surface area contributed by atoms with Crippen molar-refractivity contribution in [1.29, 1.82) is 0 Å². The van der Waals surface area contributed by atoms with Gasteiger partial charge in [0.15, 0.2) is 0 Å². The molecule has 2 aromatic rings. The van der Waals surface area contributed by atoms with E-state index in [1.165, 1.54) is 6.20 Å². The van der Waals surface area contributed by atoms with Crippen LogP contribution in [0, 0.1) is 5.82 Å². The molecule has 1 aromatic carbocycles. The Morgan fingerprint density at radius 3 is 2.53 bits per heavy atom. The number of halogens is 1. The summed E-state index contributed by atoms with van der Waals surface area (Å²) in [5, 5.41) is 0. The van der Waals surface area contributed by atoms with Gasteiger partial charge in [-0.3, -0.25) is 4.98 Å². The van der Waals surface area contributed by atoms with Gasteiger partial charge in [-0.15, -0.1) is 0 Å². The SMILES string of the molecule is Fc1cnccc1/C=C\c1ccccc1. The topological polar surface area (TPSA) is 12.9 Å². The monoisotopic (exact) mass is 199 g/mol. The summed E-state index contributed by atoms with van der Waals surface area (Å²) in [6.07, 6.45) is 6.41. The second-order valence-corrected chi connectivity index (χ2v) is 3.14. The summed E-state index contributed by atoms with van der Waals surface area (Å²) in [7, 11) is 0. The first-order valence-corrected chi connectivity index (χ1v) is 4.69. The lowest BCUT2D eigenvalue weighted by Crippen LogP contribution is -1.82. The summed E-state index contributed by atoms with van der Waals surface area (Å²) in [5.41, 5.74) is 1.60. The Morgan fingerprint density at radius 2 is 1.80 bits per heavy atom. The molecule has 0 radical (unpaired) electrons. The third kappa shape index (κ3) is 2.50. The van der Waals surface area contributed by atoms with Gasteiger partial charge < -0.3 is 0 Å². The molecule has 15 heavy (non-hydrogen) atoms. The van der Waals surface area contributed by atoms with Gasteiger partial charge in [0.05, 0.1) is 6.20 Å². The molecule has 0 saturated carbocycles. The number of benzene rings is 1. The van der Waals surface area contributed by atoms with Gasteiger partial charge in [0, 0.05) is 11.8 Å². The Kier molecular flexibility index (Phi) is 2.88. The first-order valence-electron chi connectivity index (χ1n) is 4.69. The fourth-order valence-electron chi connectivity index (χ4n) is 1.27. The minimum atomic E-state index is -0.301. The molecule has 0 aliphatic carbocycles. The smallest absolute Gasteiger partial charge is 0.148 e. The molecular formula is C13H10FN. The molecule has 0 amide bonds. The van der Waals surface area contributed by atoms with E-state index in [-0.39, 0.29) is 5.82 Å². The maximum atomic E-state index is 13.2. The van der Waals surface area contributed by atoms with Crippen LogP contribution < -0.4 is 0 Å². The number of hydrogen-bond acceptors (Lipinski definition) is 1. The van der Waals surface area contributed by atoms with Gasteiger partial charge in [-0.1, -0.05) is 42.5 Å². The second-order valence-electron chi connectivity index (χ2n) is 3.14.